The highest BCUT2D eigenvalue weighted by atomic mass is 35.5. The third kappa shape index (κ3) is 3.34. The predicted octanol–water partition coefficient (Wildman–Crippen LogP) is 2.26. The zero-order valence-electron chi connectivity index (χ0n) is 13.4. The van der Waals surface area contributed by atoms with E-state index in [1.165, 1.54) is 6.07 Å². The molecule has 0 bridgehead atoms. The van der Waals surface area contributed by atoms with E-state index in [1.807, 2.05) is 12.1 Å². The third-order valence-electron chi connectivity index (χ3n) is 3.90. The van der Waals surface area contributed by atoms with Crippen molar-refractivity contribution in [1.29, 1.82) is 0 Å². The number of methoxy groups -OCH3 is 1. The molecule has 7 heteroatoms. The molecule has 0 spiro atoms. The third-order valence-corrected chi connectivity index (χ3v) is 4.21. The summed E-state index contributed by atoms with van der Waals surface area (Å²) in [6.45, 7) is -0.0639. The average Bonchev–Trinajstić information content (AvgIpc) is 2.86. The molecular weight excluding hydrogens is 344 g/mol. The number of imide groups is 1. The van der Waals surface area contributed by atoms with E-state index in [9.17, 15) is 14.4 Å². The minimum atomic E-state index is -0.551. The molecule has 1 aliphatic rings. The molecule has 3 amide bonds. The van der Waals surface area contributed by atoms with Gasteiger partial charge in [-0.25, -0.2) is 0 Å². The normalized spacial score (nSPS) is 13.0. The van der Waals surface area contributed by atoms with Gasteiger partial charge in [0.25, 0.3) is 11.8 Å². The van der Waals surface area contributed by atoms with Crippen LogP contribution >= 0.6 is 11.6 Å². The van der Waals surface area contributed by atoms with E-state index in [-0.39, 0.29) is 29.2 Å². The average molecular weight is 359 g/mol. The first-order valence-electron chi connectivity index (χ1n) is 7.55. The van der Waals surface area contributed by atoms with Gasteiger partial charge in [-0.1, -0.05) is 29.8 Å². The van der Waals surface area contributed by atoms with Crippen molar-refractivity contribution in [2.75, 3.05) is 13.7 Å². The van der Waals surface area contributed by atoms with E-state index in [1.54, 1.807) is 31.4 Å². The molecule has 128 valence electrons. The number of carbonyl (C=O) groups is 3. The van der Waals surface area contributed by atoms with Gasteiger partial charge in [0.2, 0.25) is 5.91 Å². The van der Waals surface area contributed by atoms with Crippen molar-refractivity contribution in [1.82, 2.24) is 10.2 Å². The van der Waals surface area contributed by atoms with Crippen LogP contribution in [-0.2, 0) is 11.3 Å². The summed E-state index contributed by atoms with van der Waals surface area (Å²) in [6.07, 6.45) is 0. The first-order valence-corrected chi connectivity index (χ1v) is 7.93. The molecule has 0 atom stereocenters. The molecule has 0 aromatic heterocycles. The second kappa shape index (κ2) is 6.94. The molecule has 25 heavy (non-hydrogen) atoms. The zero-order valence-corrected chi connectivity index (χ0v) is 14.2. The minimum absolute atomic E-state index is 0.150. The number of rotatable bonds is 5. The lowest BCUT2D eigenvalue weighted by atomic mass is 10.1. The Kier molecular flexibility index (Phi) is 4.72. The van der Waals surface area contributed by atoms with Crippen LogP contribution in [0, 0.1) is 0 Å². The van der Waals surface area contributed by atoms with Gasteiger partial charge in [0.1, 0.15) is 12.3 Å². The summed E-state index contributed by atoms with van der Waals surface area (Å²) in [5.74, 6) is -0.772. The summed E-state index contributed by atoms with van der Waals surface area (Å²) < 4.78 is 5.07. The molecule has 2 aromatic carbocycles. The first-order chi connectivity index (χ1) is 12.0. The van der Waals surface area contributed by atoms with Crippen molar-refractivity contribution in [3.05, 3.63) is 64.2 Å². The van der Waals surface area contributed by atoms with Gasteiger partial charge in [-0.15, -0.1) is 0 Å². The maximum absolute atomic E-state index is 12.3. The number of hydrogen-bond donors (Lipinski definition) is 1. The lowest BCUT2D eigenvalue weighted by Crippen LogP contribution is -2.40. The Bertz CT molecular complexity index is 849. The summed E-state index contributed by atoms with van der Waals surface area (Å²) >= 11 is 5.99. The topological polar surface area (TPSA) is 75.7 Å². The number of hydrogen-bond acceptors (Lipinski definition) is 4. The Balaban J connectivity index is 1.63. The largest absolute Gasteiger partial charge is 0.497 e. The van der Waals surface area contributed by atoms with Gasteiger partial charge in [0.15, 0.2) is 0 Å². The summed E-state index contributed by atoms with van der Waals surface area (Å²) in [4.78, 5) is 37.6. The summed E-state index contributed by atoms with van der Waals surface area (Å²) in [7, 11) is 1.57. The van der Waals surface area contributed by atoms with Crippen LogP contribution in [0.4, 0.5) is 0 Å². The summed E-state index contributed by atoms with van der Waals surface area (Å²) in [5, 5.41) is 2.89. The number of benzene rings is 2. The van der Waals surface area contributed by atoms with Gasteiger partial charge in [0, 0.05) is 6.54 Å². The van der Waals surface area contributed by atoms with Crippen molar-refractivity contribution < 1.29 is 19.1 Å². The fourth-order valence-corrected chi connectivity index (χ4v) is 2.83. The monoisotopic (exact) mass is 358 g/mol. The fourth-order valence-electron chi connectivity index (χ4n) is 2.58. The maximum atomic E-state index is 12.3. The Morgan fingerprint density at radius 3 is 2.48 bits per heavy atom. The zero-order chi connectivity index (χ0) is 18.0. The Hall–Kier alpha value is -2.86. The first kappa shape index (κ1) is 17.0. The van der Waals surface area contributed by atoms with Crippen LogP contribution in [0.15, 0.2) is 42.5 Å². The molecule has 0 aliphatic carbocycles. The number of nitrogens with one attached hydrogen (secondary N) is 1. The molecule has 0 saturated heterocycles. The quantitative estimate of drug-likeness (QED) is 0.832. The van der Waals surface area contributed by atoms with Crippen molar-refractivity contribution in [2.45, 2.75) is 6.54 Å². The van der Waals surface area contributed by atoms with E-state index >= 15 is 0 Å². The molecule has 2 aromatic rings. The molecular formula is C18H15ClN2O4. The molecule has 1 heterocycles. The van der Waals surface area contributed by atoms with Crippen LogP contribution in [0.3, 0.4) is 0 Å². The molecule has 0 radical (unpaired) electrons. The highest BCUT2D eigenvalue weighted by molar-refractivity contribution is 6.37. The van der Waals surface area contributed by atoms with Crippen LogP contribution in [0.1, 0.15) is 26.3 Å². The second-order valence-corrected chi connectivity index (χ2v) is 5.89. The maximum Gasteiger partial charge on any atom is 0.263 e. The summed E-state index contributed by atoms with van der Waals surface area (Å²) in [6, 6.07) is 11.9. The summed E-state index contributed by atoms with van der Waals surface area (Å²) in [5.41, 5.74) is 1.25. The number of fused-ring (bicyclic) bond motifs is 1. The number of ether oxygens (including phenoxy) is 1. The number of halogens is 1. The van der Waals surface area contributed by atoms with Crippen LogP contribution in [0.2, 0.25) is 5.02 Å². The van der Waals surface area contributed by atoms with Gasteiger partial charge in [-0.2, -0.15) is 0 Å². The van der Waals surface area contributed by atoms with Crippen LogP contribution in [0.25, 0.3) is 0 Å². The minimum Gasteiger partial charge on any atom is -0.497 e. The SMILES string of the molecule is COc1ccc(CNC(=O)CN2C(=O)c3cccc(Cl)c3C2=O)cc1. The van der Waals surface area contributed by atoms with Gasteiger partial charge < -0.3 is 10.1 Å². The van der Waals surface area contributed by atoms with E-state index in [0.29, 0.717) is 0 Å². The van der Waals surface area contributed by atoms with Crippen molar-refractivity contribution in [3.8, 4) is 5.75 Å². The van der Waals surface area contributed by atoms with Crippen molar-refractivity contribution in [3.63, 3.8) is 0 Å². The fraction of sp³-hybridized carbons (Fsp3) is 0.167. The van der Waals surface area contributed by atoms with Crippen molar-refractivity contribution in [2.24, 2.45) is 0 Å². The van der Waals surface area contributed by atoms with E-state index in [4.69, 9.17) is 16.3 Å². The van der Waals surface area contributed by atoms with E-state index < -0.39 is 17.7 Å². The molecule has 1 N–H and O–H groups in total. The van der Waals surface area contributed by atoms with Gasteiger partial charge in [0.05, 0.1) is 23.3 Å². The molecule has 1 aliphatic heterocycles. The van der Waals surface area contributed by atoms with Crippen molar-refractivity contribution >= 4 is 29.3 Å². The second-order valence-electron chi connectivity index (χ2n) is 5.48. The number of carbonyl (C=O) groups excluding carboxylic acids is 3. The lowest BCUT2D eigenvalue weighted by molar-refractivity contribution is -0.121. The molecule has 6 nitrogen and oxygen atoms in total. The highest BCUT2D eigenvalue weighted by Gasteiger charge is 2.38. The standard InChI is InChI=1S/C18H15ClN2O4/c1-25-12-7-5-11(6-8-12)9-20-15(22)10-21-17(23)13-3-2-4-14(19)16(13)18(21)24/h2-8H,9-10H2,1H3,(H,20,22). The van der Waals surface area contributed by atoms with Crippen LogP contribution < -0.4 is 10.1 Å². The highest BCUT2D eigenvalue weighted by Crippen LogP contribution is 2.28. The Morgan fingerprint density at radius 2 is 1.84 bits per heavy atom. The van der Waals surface area contributed by atoms with Crippen LogP contribution in [0.5, 0.6) is 5.75 Å². The Labute approximate surface area is 149 Å². The number of nitrogens with zero attached hydrogens (tertiary/aromatic N) is 1. The number of amides is 3. The molecule has 0 unspecified atom stereocenters. The predicted molar refractivity (Wildman–Crippen MR) is 91.7 cm³/mol. The van der Waals surface area contributed by atoms with Gasteiger partial charge in [-0.05, 0) is 29.8 Å². The van der Waals surface area contributed by atoms with E-state index in [2.05, 4.69) is 5.32 Å². The Morgan fingerprint density at radius 1 is 1.12 bits per heavy atom. The van der Waals surface area contributed by atoms with Gasteiger partial charge >= 0.3 is 0 Å². The van der Waals surface area contributed by atoms with Crippen LogP contribution in [-0.4, -0.2) is 36.3 Å². The molecule has 0 fully saturated rings. The smallest absolute Gasteiger partial charge is 0.263 e. The molecule has 3 rings (SSSR count). The van der Waals surface area contributed by atoms with Gasteiger partial charge in [-0.3, -0.25) is 19.3 Å². The molecule has 0 saturated carbocycles. The van der Waals surface area contributed by atoms with E-state index in [0.717, 1.165) is 16.2 Å². The lowest BCUT2D eigenvalue weighted by Gasteiger charge is -2.13.